The number of rotatable bonds is 7. The van der Waals surface area contributed by atoms with Gasteiger partial charge in [0.05, 0.1) is 13.2 Å². The van der Waals surface area contributed by atoms with Crippen molar-refractivity contribution in [2.75, 3.05) is 20.5 Å². The zero-order valence-corrected chi connectivity index (χ0v) is 13.4. The van der Waals surface area contributed by atoms with Crippen molar-refractivity contribution in [3.05, 3.63) is 58.7 Å². The lowest BCUT2D eigenvalue weighted by Crippen LogP contribution is -2.03. The number of aryl methyl sites for hydroxylation is 2. The summed E-state index contributed by atoms with van der Waals surface area (Å²) in [4.78, 5) is 0. The number of methoxy groups -OCH3 is 1. The molecule has 0 radical (unpaired) electrons. The van der Waals surface area contributed by atoms with Crippen molar-refractivity contribution < 1.29 is 19.3 Å². The first-order chi connectivity index (χ1) is 11.3. The molecule has 2 aromatic carbocycles. The first-order valence-electron chi connectivity index (χ1n) is 7.89. The lowest BCUT2D eigenvalue weighted by molar-refractivity contribution is 0.0494. The molecule has 0 bridgehead atoms. The fourth-order valence-electron chi connectivity index (χ4n) is 2.83. The average molecular weight is 314 g/mol. The van der Waals surface area contributed by atoms with Gasteiger partial charge in [-0.15, -0.1) is 0 Å². The van der Waals surface area contributed by atoms with Gasteiger partial charge in [-0.1, -0.05) is 24.3 Å². The third-order valence-corrected chi connectivity index (χ3v) is 4.09. The van der Waals surface area contributed by atoms with Crippen LogP contribution in [-0.4, -0.2) is 25.6 Å². The van der Waals surface area contributed by atoms with Crippen LogP contribution in [0.4, 0.5) is 0 Å². The van der Waals surface area contributed by atoms with E-state index in [2.05, 4.69) is 18.2 Å². The second-order valence-electron chi connectivity index (χ2n) is 5.69. The highest BCUT2D eigenvalue weighted by atomic mass is 16.7. The maximum atomic E-state index is 9.37. The predicted molar refractivity (Wildman–Crippen MR) is 87.9 cm³/mol. The van der Waals surface area contributed by atoms with Gasteiger partial charge in [-0.3, -0.25) is 0 Å². The molecule has 0 fully saturated rings. The van der Waals surface area contributed by atoms with E-state index in [1.165, 1.54) is 16.7 Å². The SMILES string of the molecule is COCOc1cc(CCc2ccc3c(c2)CCO3)ccc1CO. The van der Waals surface area contributed by atoms with E-state index in [0.717, 1.165) is 37.2 Å². The number of benzene rings is 2. The van der Waals surface area contributed by atoms with Crippen molar-refractivity contribution in [1.29, 1.82) is 0 Å². The summed E-state index contributed by atoms with van der Waals surface area (Å²) in [5, 5.41) is 9.37. The molecule has 0 atom stereocenters. The number of aliphatic hydroxyl groups excluding tert-OH is 1. The van der Waals surface area contributed by atoms with Crippen LogP contribution in [0.5, 0.6) is 11.5 Å². The molecule has 0 aliphatic carbocycles. The predicted octanol–water partition coefficient (Wildman–Crippen LogP) is 2.88. The van der Waals surface area contributed by atoms with Gasteiger partial charge in [0, 0.05) is 19.1 Å². The zero-order chi connectivity index (χ0) is 16.1. The van der Waals surface area contributed by atoms with Crippen LogP contribution in [0.3, 0.4) is 0 Å². The van der Waals surface area contributed by atoms with Crippen molar-refractivity contribution in [2.24, 2.45) is 0 Å². The Morgan fingerprint density at radius 3 is 2.65 bits per heavy atom. The van der Waals surface area contributed by atoms with Crippen LogP contribution in [0.2, 0.25) is 0 Å². The zero-order valence-electron chi connectivity index (χ0n) is 13.4. The van der Waals surface area contributed by atoms with Crippen molar-refractivity contribution >= 4 is 0 Å². The third kappa shape index (κ3) is 3.84. The molecule has 4 nitrogen and oxygen atoms in total. The molecule has 1 heterocycles. The van der Waals surface area contributed by atoms with Gasteiger partial charge in [-0.2, -0.15) is 0 Å². The fraction of sp³-hybridized carbons (Fsp3) is 0.368. The topological polar surface area (TPSA) is 47.9 Å². The number of hydrogen-bond acceptors (Lipinski definition) is 4. The molecule has 2 aromatic rings. The Hall–Kier alpha value is -2.04. The van der Waals surface area contributed by atoms with Crippen LogP contribution in [0.15, 0.2) is 36.4 Å². The number of hydrogen-bond donors (Lipinski definition) is 1. The monoisotopic (exact) mass is 314 g/mol. The highest BCUT2D eigenvalue weighted by Gasteiger charge is 2.12. The number of ether oxygens (including phenoxy) is 3. The molecule has 0 spiro atoms. The summed E-state index contributed by atoms with van der Waals surface area (Å²) in [6, 6.07) is 12.4. The second kappa shape index (κ2) is 7.49. The summed E-state index contributed by atoms with van der Waals surface area (Å²) >= 11 is 0. The van der Waals surface area contributed by atoms with Crippen LogP contribution in [0.25, 0.3) is 0 Å². The van der Waals surface area contributed by atoms with Crippen molar-refractivity contribution in [3.63, 3.8) is 0 Å². The Morgan fingerprint density at radius 2 is 1.87 bits per heavy atom. The maximum Gasteiger partial charge on any atom is 0.188 e. The maximum absolute atomic E-state index is 9.37. The molecule has 0 amide bonds. The summed E-state index contributed by atoms with van der Waals surface area (Å²) in [6.07, 6.45) is 2.90. The van der Waals surface area contributed by atoms with Gasteiger partial charge in [0.1, 0.15) is 11.5 Å². The van der Waals surface area contributed by atoms with Crippen LogP contribution in [0.1, 0.15) is 22.3 Å². The molecular weight excluding hydrogens is 292 g/mol. The smallest absolute Gasteiger partial charge is 0.188 e. The molecule has 1 aliphatic rings. The molecule has 4 heteroatoms. The molecule has 3 rings (SSSR count). The average Bonchev–Trinajstić information content (AvgIpc) is 3.05. The van der Waals surface area contributed by atoms with E-state index in [-0.39, 0.29) is 13.4 Å². The molecular formula is C19H22O4. The van der Waals surface area contributed by atoms with E-state index in [1.54, 1.807) is 7.11 Å². The Labute approximate surface area is 136 Å². The Balaban J connectivity index is 1.67. The molecule has 122 valence electrons. The molecule has 23 heavy (non-hydrogen) atoms. The molecule has 0 saturated heterocycles. The van der Waals surface area contributed by atoms with Crippen LogP contribution >= 0.6 is 0 Å². The van der Waals surface area contributed by atoms with Crippen molar-refractivity contribution in [3.8, 4) is 11.5 Å². The largest absolute Gasteiger partial charge is 0.493 e. The van der Waals surface area contributed by atoms with Gasteiger partial charge < -0.3 is 19.3 Å². The van der Waals surface area contributed by atoms with Crippen LogP contribution in [0, 0.1) is 0 Å². The number of aliphatic hydroxyl groups is 1. The van der Waals surface area contributed by atoms with E-state index >= 15 is 0 Å². The second-order valence-corrected chi connectivity index (χ2v) is 5.69. The van der Waals surface area contributed by atoms with E-state index in [9.17, 15) is 5.11 Å². The molecule has 0 aromatic heterocycles. The van der Waals surface area contributed by atoms with Crippen molar-refractivity contribution in [1.82, 2.24) is 0 Å². The summed E-state index contributed by atoms with van der Waals surface area (Å²) in [5.41, 5.74) is 4.59. The highest BCUT2D eigenvalue weighted by Crippen LogP contribution is 2.27. The normalized spacial score (nSPS) is 12.8. The van der Waals surface area contributed by atoms with E-state index in [0.29, 0.717) is 5.75 Å². The molecule has 0 saturated carbocycles. The Bertz CT molecular complexity index is 666. The third-order valence-electron chi connectivity index (χ3n) is 4.09. The van der Waals surface area contributed by atoms with E-state index in [4.69, 9.17) is 14.2 Å². The minimum absolute atomic E-state index is 0.0375. The first kappa shape index (κ1) is 15.8. The molecule has 0 unspecified atom stereocenters. The Morgan fingerprint density at radius 1 is 1.09 bits per heavy atom. The van der Waals surface area contributed by atoms with Crippen molar-refractivity contribution in [2.45, 2.75) is 25.9 Å². The minimum Gasteiger partial charge on any atom is -0.493 e. The fourth-order valence-corrected chi connectivity index (χ4v) is 2.83. The summed E-state index contributed by atoms with van der Waals surface area (Å²) in [7, 11) is 1.58. The van der Waals surface area contributed by atoms with Gasteiger partial charge in [0.15, 0.2) is 6.79 Å². The van der Waals surface area contributed by atoms with Gasteiger partial charge in [-0.25, -0.2) is 0 Å². The van der Waals surface area contributed by atoms with Gasteiger partial charge >= 0.3 is 0 Å². The Kier molecular flexibility index (Phi) is 5.16. The lowest BCUT2D eigenvalue weighted by atomic mass is 10.0. The molecule has 1 N–H and O–H groups in total. The number of fused-ring (bicyclic) bond motifs is 1. The van der Waals surface area contributed by atoms with E-state index in [1.807, 2.05) is 18.2 Å². The molecule has 1 aliphatic heterocycles. The van der Waals surface area contributed by atoms with E-state index < -0.39 is 0 Å². The summed E-state index contributed by atoms with van der Waals surface area (Å²) < 4.78 is 16.0. The summed E-state index contributed by atoms with van der Waals surface area (Å²) in [5.74, 6) is 1.71. The minimum atomic E-state index is -0.0375. The van der Waals surface area contributed by atoms with Crippen LogP contribution in [-0.2, 0) is 30.6 Å². The van der Waals surface area contributed by atoms with Gasteiger partial charge in [0.25, 0.3) is 0 Å². The van der Waals surface area contributed by atoms with Gasteiger partial charge in [0.2, 0.25) is 0 Å². The highest BCUT2D eigenvalue weighted by molar-refractivity contribution is 5.41. The van der Waals surface area contributed by atoms with Gasteiger partial charge in [-0.05, 0) is 41.7 Å². The standard InChI is InChI=1S/C19H22O4/c1-21-13-23-19-11-15(4-6-17(19)12-20)3-2-14-5-7-18-16(10-14)8-9-22-18/h4-7,10-11,20H,2-3,8-9,12-13H2,1H3. The first-order valence-corrected chi connectivity index (χ1v) is 7.89. The van der Waals surface area contributed by atoms with Crippen LogP contribution < -0.4 is 9.47 Å². The quantitative estimate of drug-likeness (QED) is 0.798. The summed E-state index contributed by atoms with van der Waals surface area (Å²) in [6.45, 7) is 0.938. The lowest BCUT2D eigenvalue weighted by Gasteiger charge is -2.11.